The van der Waals surface area contributed by atoms with Crippen molar-refractivity contribution in [2.24, 2.45) is 0 Å². The molecule has 0 aromatic heterocycles. The molecule has 0 saturated carbocycles. The lowest BCUT2D eigenvalue weighted by Crippen LogP contribution is -2.11. The summed E-state index contributed by atoms with van der Waals surface area (Å²) in [6.45, 7) is 2.22. The third-order valence-electron chi connectivity index (χ3n) is 3.85. The van der Waals surface area contributed by atoms with Crippen molar-refractivity contribution in [2.75, 3.05) is 12.4 Å². The van der Waals surface area contributed by atoms with Crippen molar-refractivity contribution in [1.82, 2.24) is 0 Å². The van der Waals surface area contributed by atoms with Crippen molar-refractivity contribution >= 4 is 17.6 Å². The molecule has 1 aromatic carbocycles. The number of amides is 1. The first-order valence-electron chi connectivity index (χ1n) is 8.65. The fraction of sp³-hybridized carbons (Fsp3) is 0.579. The van der Waals surface area contributed by atoms with Crippen LogP contribution < -0.4 is 5.32 Å². The number of anilines is 1. The van der Waals surface area contributed by atoms with Gasteiger partial charge in [-0.15, -0.1) is 0 Å². The number of unbranched alkanes of at least 4 members (excludes halogenated alkanes) is 7. The Balaban J connectivity index is 2.15. The van der Waals surface area contributed by atoms with Gasteiger partial charge in [0, 0.05) is 12.1 Å². The van der Waals surface area contributed by atoms with Gasteiger partial charge in [-0.25, -0.2) is 4.79 Å². The lowest BCUT2D eigenvalue weighted by atomic mass is 10.1. The minimum atomic E-state index is -0.373. The highest BCUT2D eigenvalue weighted by molar-refractivity contribution is 5.92. The van der Waals surface area contributed by atoms with Gasteiger partial charge >= 0.3 is 5.97 Å². The summed E-state index contributed by atoms with van der Waals surface area (Å²) in [5, 5.41) is 2.85. The minimum absolute atomic E-state index is 0.0294. The van der Waals surface area contributed by atoms with E-state index in [2.05, 4.69) is 17.0 Å². The Labute approximate surface area is 139 Å². The highest BCUT2D eigenvalue weighted by Crippen LogP contribution is 2.13. The number of nitrogens with one attached hydrogen (secondary N) is 1. The summed E-state index contributed by atoms with van der Waals surface area (Å²) in [4.78, 5) is 23.2. The maximum atomic E-state index is 11.9. The third-order valence-corrected chi connectivity index (χ3v) is 3.85. The molecule has 1 rings (SSSR count). The Bertz CT molecular complexity index is 468. The van der Waals surface area contributed by atoms with E-state index in [0.29, 0.717) is 17.7 Å². The monoisotopic (exact) mass is 319 g/mol. The van der Waals surface area contributed by atoms with E-state index in [1.807, 2.05) is 0 Å². The molecule has 23 heavy (non-hydrogen) atoms. The van der Waals surface area contributed by atoms with Gasteiger partial charge in [-0.1, -0.05) is 51.9 Å². The van der Waals surface area contributed by atoms with Gasteiger partial charge in [-0.2, -0.15) is 0 Å². The van der Waals surface area contributed by atoms with Crippen molar-refractivity contribution in [3.8, 4) is 0 Å². The largest absolute Gasteiger partial charge is 0.465 e. The zero-order valence-electron chi connectivity index (χ0n) is 14.4. The third kappa shape index (κ3) is 8.38. The first-order valence-corrected chi connectivity index (χ1v) is 8.65. The number of rotatable bonds is 11. The summed E-state index contributed by atoms with van der Waals surface area (Å²) in [5.74, 6) is -0.344. The number of methoxy groups -OCH3 is 1. The van der Waals surface area contributed by atoms with Crippen LogP contribution in [0.25, 0.3) is 0 Å². The van der Waals surface area contributed by atoms with E-state index < -0.39 is 0 Å². The van der Waals surface area contributed by atoms with Gasteiger partial charge in [-0.05, 0) is 30.7 Å². The van der Waals surface area contributed by atoms with Gasteiger partial charge in [0.15, 0.2) is 0 Å². The SMILES string of the molecule is CCCCCCCCCCC(=O)Nc1ccc(C(=O)OC)cc1. The fourth-order valence-electron chi connectivity index (χ4n) is 2.45. The molecule has 0 fully saturated rings. The van der Waals surface area contributed by atoms with Gasteiger partial charge in [0.2, 0.25) is 5.91 Å². The fourth-order valence-corrected chi connectivity index (χ4v) is 2.45. The molecule has 0 heterocycles. The van der Waals surface area contributed by atoms with Gasteiger partial charge < -0.3 is 10.1 Å². The maximum Gasteiger partial charge on any atom is 0.337 e. The molecule has 1 aromatic rings. The molecule has 0 bridgehead atoms. The normalized spacial score (nSPS) is 10.3. The van der Waals surface area contributed by atoms with Crippen molar-refractivity contribution in [3.63, 3.8) is 0 Å². The summed E-state index contributed by atoms with van der Waals surface area (Å²) in [6, 6.07) is 6.74. The first-order chi connectivity index (χ1) is 11.2. The number of hydrogen-bond donors (Lipinski definition) is 1. The molecular weight excluding hydrogens is 290 g/mol. The zero-order valence-corrected chi connectivity index (χ0v) is 14.4. The van der Waals surface area contributed by atoms with Crippen LogP contribution >= 0.6 is 0 Å². The van der Waals surface area contributed by atoms with Crippen LogP contribution in [-0.2, 0) is 9.53 Å². The van der Waals surface area contributed by atoms with E-state index in [-0.39, 0.29) is 11.9 Å². The van der Waals surface area contributed by atoms with Gasteiger partial charge in [-0.3, -0.25) is 4.79 Å². The second-order valence-corrected chi connectivity index (χ2v) is 5.84. The summed E-state index contributed by atoms with van der Waals surface area (Å²) in [6.07, 6.45) is 10.3. The van der Waals surface area contributed by atoms with Crippen LogP contribution in [0.4, 0.5) is 5.69 Å². The molecule has 1 amide bonds. The zero-order chi connectivity index (χ0) is 16.9. The second kappa shape index (κ2) is 11.7. The summed E-state index contributed by atoms with van der Waals surface area (Å²) < 4.78 is 4.64. The number of hydrogen-bond acceptors (Lipinski definition) is 3. The maximum absolute atomic E-state index is 11.9. The Morgan fingerprint density at radius 2 is 1.48 bits per heavy atom. The molecule has 128 valence electrons. The Kier molecular flexibility index (Phi) is 9.76. The van der Waals surface area contributed by atoms with E-state index >= 15 is 0 Å². The first kappa shape index (κ1) is 19.2. The van der Waals surface area contributed by atoms with E-state index in [0.717, 1.165) is 12.8 Å². The van der Waals surface area contributed by atoms with Gasteiger partial charge in [0.25, 0.3) is 0 Å². The van der Waals surface area contributed by atoms with Crippen LogP contribution in [0.2, 0.25) is 0 Å². The van der Waals surface area contributed by atoms with E-state index in [1.165, 1.54) is 45.6 Å². The number of benzene rings is 1. The van der Waals surface area contributed by atoms with Crippen molar-refractivity contribution in [3.05, 3.63) is 29.8 Å². The molecule has 4 heteroatoms. The highest BCUT2D eigenvalue weighted by Gasteiger charge is 2.06. The smallest absolute Gasteiger partial charge is 0.337 e. The predicted molar refractivity (Wildman–Crippen MR) is 93.6 cm³/mol. The Morgan fingerprint density at radius 3 is 2.04 bits per heavy atom. The Hall–Kier alpha value is -1.84. The lowest BCUT2D eigenvalue weighted by molar-refractivity contribution is -0.116. The predicted octanol–water partition coefficient (Wildman–Crippen LogP) is 4.94. The molecule has 0 spiro atoms. The van der Waals surface area contributed by atoms with Crippen molar-refractivity contribution < 1.29 is 14.3 Å². The topological polar surface area (TPSA) is 55.4 Å². The summed E-state index contributed by atoms with van der Waals surface area (Å²) in [7, 11) is 1.35. The molecule has 0 atom stereocenters. The second-order valence-electron chi connectivity index (χ2n) is 5.84. The van der Waals surface area contributed by atoms with Crippen LogP contribution in [0.15, 0.2) is 24.3 Å². The van der Waals surface area contributed by atoms with Crippen LogP contribution in [0.5, 0.6) is 0 Å². The van der Waals surface area contributed by atoms with Crippen LogP contribution in [0.3, 0.4) is 0 Å². The van der Waals surface area contributed by atoms with Crippen LogP contribution in [0.1, 0.15) is 75.1 Å². The van der Waals surface area contributed by atoms with Gasteiger partial charge in [0.05, 0.1) is 12.7 Å². The number of ether oxygens (including phenoxy) is 1. The van der Waals surface area contributed by atoms with Crippen LogP contribution in [-0.4, -0.2) is 19.0 Å². The Morgan fingerprint density at radius 1 is 0.913 bits per heavy atom. The quantitative estimate of drug-likeness (QED) is 0.464. The molecule has 0 radical (unpaired) electrons. The molecule has 0 saturated heterocycles. The molecular formula is C19H29NO3. The van der Waals surface area contributed by atoms with Crippen molar-refractivity contribution in [2.45, 2.75) is 64.7 Å². The van der Waals surface area contributed by atoms with Gasteiger partial charge in [0.1, 0.15) is 0 Å². The lowest BCUT2D eigenvalue weighted by Gasteiger charge is -2.06. The van der Waals surface area contributed by atoms with Crippen LogP contribution in [0, 0.1) is 0 Å². The van der Waals surface area contributed by atoms with Crippen molar-refractivity contribution in [1.29, 1.82) is 0 Å². The van der Waals surface area contributed by atoms with E-state index in [9.17, 15) is 9.59 Å². The number of carbonyl (C=O) groups excluding carboxylic acids is 2. The summed E-state index contributed by atoms with van der Waals surface area (Å²) in [5.41, 5.74) is 1.19. The average molecular weight is 319 g/mol. The molecule has 1 N–H and O–H groups in total. The standard InChI is InChI=1S/C19H29NO3/c1-3-4-5-6-7-8-9-10-11-18(21)20-17-14-12-16(13-15-17)19(22)23-2/h12-15H,3-11H2,1-2H3,(H,20,21). The number of carbonyl (C=O) groups is 2. The summed E-state index contributed by atoms with van der Waals surface area (Å²) >= 11 is 0. The molecule has 0 aliphatic carbocycles. The minimum Gasteiger partial charge on any atom is -0.465 e. The molecule has 4 nitrogen and oxygen atoms in total. The highest BCUT2D eigenvalue weighted by atomic mass is 16.5. The molecule has 0 unspecified atom stereocenters. The van der Waals surface area contributed by atoms with E-state index in [4.69, 9.17) is 0 Å². The number of esters is 1. The average Bonchev–Trinajstić information content (AvgIpc) is 2.57. The molecule has 0 aliphatic rings. The molecule has 0 aliphatic heterocycles. The van der Waals surface area contributed by atoms with E-state index in [1.54, 1.807) is 24.3 Å².